The Morgan fingerprint density at radius 2 is 2.04 bits per heavy atom. The van der Waals surface area contributed by atoms with Crippen molar-refractivity contribution < 1.29 is 12.8 Å². The predicted octanol–water partition coefficient (Wildman–Crippen LogP) is 3.02. The van der Waals surface area contributed by atoms with E-state index in [4.69, 9.17) is 12.2 Å². The third-order valence-electron chi connectivity index (χ3n) is 5.34. The fourth-order valence-electron chi connectivity index (χ4n) is 3.71. The van der Waals surface area contributed by atoms with Crippen molar-refractivity contribution in [2.24, 2.45) is 0 Å². The van der Waals surface area contributed by atoms with Gasteiger partial charge >= 0.3 is 0 Å². The van der Waals surface area contributed by atoms with E-state index in [1.807, 2.05) is 11.5 Å². The van der Waals surface area contributed by atoms with Crippen LogP contribution < -0.4 is 0 Å². The summed E-state index contributed by atoms with van der Waals surface area (Å²) in [6, 6.07) is 6.84. The molecule has 0 spiro atoms. The van der Waals surface area contributed by atoms with Crippen molar-refractivity contribution in [1.82, 2.24) is 19.2 Å². The number of nitrogens with zero attached hydrogens (tertiary/aromatic N) is 4. The Hall–Kier alpha value is -1.58. The molecule has 27 heavy (non-hydrogen) atoms. The van der Waals surface area contributed by atoms with Crippen molar-refractivity contribution in [3.05, 3.63) is 34.9 Å². The molecule has 1 atom stereocenters. The van der Waals surface area contributed by atoms with Gasteiger partial charge in [-0.2, -0.15) is 5.10 Å². The highest BCUT2D eigenvalue weighted by Gasteiger charge is 2.33. The molecule has 2 aromatic rings. The normalized spacial score (nSPS) is 21.8. The van der Waals surface area contributed by atoms with Crippen molar-refractivity contribution in [2.45, 2.75) is 44.9 Å². The molecule has 9 heteroatoms. The van der Waals surface area contributed by atoms with Crippen molar-refractivity contribution in [2.75, 3.05) is 18.1 Å². The third-order valence-corrected chi connectivity index (χ3v) is 7.50. The van der Waals surface area contributed by atoms with Gasteiger partial charge in [0.05, 0.1) is 23.7 Å². The van der Waals surface area contributed by atoms with Gasteiger partial charge in [0.15, 0.2) is 20.4 Å². The summed E-state index contributed by atoms with van der Waals surface area (Å²) in [5.74, 6) is 0.644. The van der Waals surface area contributed by atoms with E-state index in [0.29, 0.717) is 35.8 Å². The van der Waals surface area contributed by atoms with Gasteiger partial charge in [-0.05, 0) is 50.2 Å². The lowest BCUT2D eigenvalue weighted by Crippen LogP contribution is -2.37. The maximum absolute atomic E-state index is 14.4. The molecule has 1 aromatic heterocycles. The van der Waals surface area contributed by atoms with Gasteiger partial charge in [-0.15, -0.1) is 0 Å². The first kappa shape index (κ1) is 18.8. The van der Waals surface area contributed by atoms with Crippen molar-refractivity contribution in [3.63, 3.8) is 0 Å². The minimum atomic E-state index is -2.96. The highest BCUT2D eigenvalue weighted by molar-refractivity contribution is 7.91. The average molecular weight is 411 g/mol. The number of halogens is 1. The summed E-state index contributed by atoms with van der Waals surface area (Å²) in [5, 5.41) is 4.64. The molecular weight excluding hydrogens is 387 g/mol. The molecule has 0 N–H and O–H groups in total. The maximum atomic E-state index is 14.4. The minimum Gasteiger partial charge on any atom is -0.297 e. The van der Waals surface area contributed by atoms with Crippen LogP contribution in [0.5, 0.6) is 0 Å². The van der Waals surface area contributed by atoms with Crippen LogP contribution in [0.2, 0.25) is 0 Å². The first-order chi connectivity index (χ1) is 12.9. The molecule has 1 saturated heterocycles. The van der Waals surface area contributed by atoms with E-state index in [0.717, 1.165) is 12.8 Å². The molecule has 4 rings (SSSR count). The fraction of sp³-hybridized carbons (Fsp3) is 0.556. The first-order valence-corrected chi connectivity index (χ1v) is 11.5. The van der Waals surface area contributed by atoms with E-state index in [1.165, 1.54) is 6.07 Å². The zero-order valence-corrected chi connectivity index (χ0v) is 16.8. The van der Waals surface area contributed by atoms with Crippen LogP contribution in [0.3, 0.4) is 0 Å². The highest BCUT2D eigenvalue weighted by Crippen LogP contribution is 2.39. The van der Waals surface area contributed by atoms with E-state index in [1.54, 1.807) is 22.9 Å². The molecule has 0 amide bonds. The molecule has 2 fully saturated rings. The molecule has 1 saturated carbocycles. The Morgan fingerprint density at radius 1 is 1.30 bits per heavy atom. The summed E-state index contributed by atoms with van der Waals surface area (Å²) < 4.78 is 42.3. The second-order valence-electron chi connectivity index (χ2n) is 7.29. The Bertz CT molecular complexity index is 1010. The number of aromatic nitrogens is 3. The third kappa shape index (κ3) is 3.72. The number of sulfone groups is 1. The van der Waals surface area contributed by atoms with Crippen LogP contribution in [0, 0.1) is 10.6 Å². The molecule has 2 aliphatic rings. The van der Waals surface area contributed by atoms with Crippen LogP contribution in [0.25, 0.3) is 11.4 Å². The summed E-state index contributed by atoms with van der Waals surface area (Å²) in [4.78, 5) is 2.09. The molecule has 6 nitrogen and oxygen atoms in total. The fourth-order valence-corrected chi connectivity index (χ4v) is 5.81. The van der Waals surface area contributed by atoms with E-state index in [2.05, 4.69) is 10.00 Å². The predicted molar refractivity (Wildman–Crippen MR) is 104 cm³/mol. The summed E-state index contributed by atoms with van der Waals surface area (Å²) in [6.45, 7) is 3.12. The van der Waals surface area contributed by atoms with Gasteiger partial charge in [0, 0.05) is 12.1 Å². The number of benzene rings is 1. The zero-order valence-electron chi connectivity index (χ0n) is 15.2. The summed E-state index contributed by atoms with van der Waals surface area (Å²) in [6.07, 6.45) is 2.66. The largest absolute Gasteiger partial charge is 0.297 e. The monoisotopic (exact) mass is 410 g/mol. The van der Waals surface area contributed by atoms with E-state index in [-0.39, 0.29) is 29.4 Å². The number of rotatable bonds is 6. The standard InChI is InChI=1S/C18H23FN4O2S2/c1-2-21(14-9-10-27(24,25)11-14)12-22-18(26)23(13-7-8-13)17(20-22)15-5-3-4-6-16(15)19/h3-6,13-14H,2,7-12H2,1H3/t14-/m1/s1. The molecule has 0 bridgehead atoms. The van der Waals surface area contributed by atoms with Crippen molar-refractivity contribution in [3.8, 4) is 11.4 Å². The van der Waals surface area contributed by atoms with Gasteiger partial charge in [-0.1, -0.05) is 19.1 Å². The van der Waals surface area contributed by atoms with Gasteiger partial charge in [0.2, 0.25) is 0 Å². The van der Waals surface area contributed by atoms with Crippen molar-refractivity contribution >= 4 is 22.1 Å². The maximum Gasteiger partial charge on any atom is 0.199 e. The number of hydrogen-bond donors (Lipinski definition) is 0. The van der Waals surface area contributed by atoms with Gasteiger partial charge in [-0.3, -0.25) is 9.47 Å². The average Bonchev–Trinajstić information content (AvgIpc) is 3.33. The van der Waals surface area contributed by atoms with Crippen LogP contribution in [-0.2, 0) is 16.5 Å². The molecule has 146 valence electrons. The molecular formula is C18H23FN4O2S2. The molecule has 2 heterocycles. The number of hydrogen-bond acceptors (Lipinski definition) is 5. The molecule has 1 aliphatic heterocycles. The molecule has 0 radical (unpaired) electrons. The summed E-state index contributed by atoms with van der Waals surface area (Å²) in [7, 11) is -2.96. The van der Waals surface area contributed by atoms with Crippen LogP contribution >= 0.6 is 12.2 Å². The van der Waals surface area contributed by atoms with E-state index in [9.17, 15) is 12.8 Å². The zero-order chi connectivity index (χ0) is 19.2. The molecule has 0 unspecified atom stereocenters. The van der Waals surface area contributed by atoms with Gasteiger partial charge < -0.3 is 0 Å². The van der Waals surface area contributed by atoms with Crippen molar-refractivity contribution in [1.29, 1.82) is 0 Å². The van der Waals surface area contributed by atoms with Crippen LogP contribution in [0.4, 0.5) is 4.39 Å². The second-order valence-corrected chi connectivity index (χ2v) is 9.88. The van der Waals surface area contributed by atoms with E-state index >= 15 is 0 Å². The molecule has 1 aromatic carbocycles. The Labute approximate surface area is 163 Å². The van der Waals surface area contributed by atoms with Crippen LogP contribution in [-0.4, -0.2) is 51.8 Å². The Morgan fingerprint density at radius 3 is 2.63 bits per heavy atom. The minimum absolute atomic E-state index is 0.0233. The van der Waals surface area contributed by atoms with Crippen LogP contribution in [0.1, 0.15) is 32.2 Å². The first-order valence-electron chi connectivity index (χ1n) is 9.28. The summed E-state index contributed by atoms with van der Waals surface area (Å²) in [5.41, 5.74) is 0.445. The SMILES string of the molecule is CCN(Cn1nc(-c2ccccc2F)n(C2CC2)c1=S)[C@@H]1CCS(=O)(=O)C1. The lowest BCUT2D eigenvalue weighted by atomic mass is 10.2. The van der Waals surface area contributed by atoms with Gasteiger partial charge in [0.25, 0.3) is 0 Å². The lowest BCUT2D eigenvalue weighted by molar-refractivity contribution is 0.164. The van der Waals surface area contributed by atoms with E-state index < -0.39 is 9.84 Å². The van der Waals surface area contributed by atoms with Gasteiger partial charge in [0.1, 0.15) is 5.82 Å². The topological polar surface area (TPSA) is 60.1 Å². The Kier molecular flexibility index (Phi) is 4.94. The second kappa shape index (κ2) is 7.10. The smallest absolute Gasteiger partial charge is 0.199 e. The van der Waals surface area contributed by atoms with Crippen LogP contribution in [0.15, 0.2) is 24.3 Å². The lowest BCUT2D eigenvalue weighted by Gasteiger charge is -2.26. The van der Waals surface area contributed by atoms with Gasteiger partial charge in [-0.25, -0.2) is 17.5 Å². The quantitative estimate of drug-likeness (QED) is 0.685. The Balaban J connectivity index is 1.68. The highest BCUT2D eigenvalue weighted by atomic mass is 32.2. The summed E-state index contributed by atoms with van der Waals surface area (Å²) >= 11 is 5.65. The molecule has 1 aliphatic carbocycles.